The third kappa shape index (κ3) is 3.71. The van der Waals surface area contributed by atoms with Crippen LogP contribution < -0.4 is 5.32 Å². The Labute approximate surface area is 122 Å². The smallest absolute Gasteiger partial charge is 0.175 e. The van der Waals surface area contributed by atoms with Gasteiger partial charge in [0.1, 0.15) is 5.82 Å². The minimum atomic E-state index is -3.35. The van der Waals surface area contributed by atoms with Crippen LogP contribution in [0.15, 0.2) is 47.4 Å². The summed E-state index contributed by atoms with van der Waals surface area (Å²) in [5.74, 6) is -0.494. The molecule has 0 unspecified atom stereocenters. The van der Waals surface area contributed by atoms with Gasteiger partial charge in [-0.25, -0.2) is 12.8 Å². The topological polar surface area (TPSA) is 46.2 Å². The molecular formula is C14H13ClFNO2S. The molecule has 0 spiro atoms. The van der Waals surface area contributed by atoms with E-state index in [1.165, 1.54) is 12.1 Å². The second-order valence-corrected chi connectivity index (χ2v) is 6.85. The van der Waals surface area contributed by atoms with E-state index < -0.39 is 15.7 Å². The maximum atomic E-state index is 13.6. The molecule has 0 aliphatic carbocycles. The van der Waals surface area contributed by atoms with Crippen molar-refractivity contribution in [2.24, 2.45) is 0 Å². The molecule has 6 heteroatoms. The summed E-state index contributed by atoms with van der Waals surface area (Å²) in [6.07, 6.45) is 1.09. The van der Waals surface area contributed by atoms with Crippen LogP contribution in [0.2, 0.25) is 5.02 Å². The highest BCUT2D eigenvalue weighted by molar-refractivity contribution is 7.90. The fourth-order valence-corrected chi connectivity index (χ4v) is 2.44. The second kappa shape index (κ2) is 5.81. The first-order valence-electron chi connectivity index (χ1n) is 5.84. The molecular weight excluding hydrogens is 301 g/mol. The summed E-state index contributed by atoms with van der Waals surface area (Å²) in [7, 11) is -3.35. The number of hydrogen-bond acceptors (Lipinski definition) is 3. The highest BCUT2D eigenvalue weighted by atomic mass is 35.5. The average Bonchev–Trinajstić information content (AvgIpc) is 2.38. The van der Waals surface area contributed by atoms with E-state index in [1.54, 1.807) is 12.1 Å². The first-order chi connectivity index (χ1) is 9.36. The summed E-state index contributed by atoms with van der Waals surface area (Å²) < 4.78 is 36.5. The van der Waals surface area contributed by atoms with Crippen LogP contribution in [0.25, 0.3) is 0 Å². The Hall–Kier alpha value is -1.59. The predicted molar refractivity (Wildman–Crippen MR) is 78.3 cm³/mol. The van der Waals surface area contributed by atoms with Crippen LogP contribution in [0.1, 0.15) is 5.56 Å². The van der Waals surface area contributed by atoms with Crippen molar-refractivity contribution in [3.05, 3.63) is 58.9 Å². The van der Waals surface area contributed by atoms with Gasteiger partial charge < -0.3 is 5.32 Å². The van der Waals surface area contributed by atoms with Crippen LogP contribution in [0, 0.1) is 5.82 Å². The zero-order valence-electron chi connectivity index (χ0n) is 10.7. The van der Waals surface area contributed by atoms with E-state index >= 15 is 0 Å². The van der Waals surface area contributed by atoms with Gasteiger partial charge in [0.25, 0.3) is 0 Å². The molecule has 2 aromatic carbocycles. The van der Waals surface area contributed by atoms with Crippen molar-refractivity contribution in [1.82, 2.24) is 0 Å². The molecule has 106 valence electrons. The minimum Gasteiger partial charge on any atom is -0.379 e. The number of nitrogens with one attached hydrogen (secondary N) is 1. The molecule has 0 radical (unpaired) electrons. The molecule has 0 bridgehead atoms. The molecule has 0 amide bonds. The van der Waals surface area contributed by atoms with Gasteiger partial charge in [0, 0.05) is 17.8 Å². The molecule has 2 rings (SSSR count). The van der Waals surface area contributed by atoms with E-state index in [0.717, 1.165) is 17.9 Å². The van der Waals surface area contributed by atoms with Crippen LogP contribution in [-0.2, 0) is 16.4 Å². The lowest BCUT2D eigenvalue weighted by Crippen LogP contribution is -2.04. The maximum Gasteiger partial charge on any atom is 0.175 e. The van der Waals surface area contributed by atoms with E-state index in [4.69, 9.17) is 11.6 Å². The van der Waals surface area contributed by atoms with Gasteiger partial charge >= 0.3 is 0 Å². The van der Waals surface area contributed by atoms with Gasteiger partial charge in [0.15, 0.2) is 9.84 Å². The van der Waals surface area contributed by atoms with Gasteiger partial charge in [-0.2, -0.15) is 0 Å². The highest BCUT2D eigenvalue weighted by Crippen LogP contribution is 2.20. The van der Waals surface area contributed by atoms with Gasteiger partial charge in [0.2, 0.25) is 0 Å². The molecule has 0 aliphatic rings. The fourth-order valence-electron chi connectivity index (χ4n) is 1.67. The number of benzene rings is 2. The Morgan fingerprint density at radius 2 is 1.80 bits per heavy atom. The number of rotatable bonds is 4. The number of halogens is 2. The summed E-state index contributed by atoms with van der Waals surface area (Å²) in [4.78, 5) is 0.0810. The second-order valence-electron chi connectivity index (χ2n) is 4.39. The first-order valence-corrected chi connectivity index (χ1v) is 8.11. The zero-order chi connectivity index (χ0) is 14.8. The SMILES string of the molecule is CS(=O)(=O)c1ccc(F)c(NCc2ccc(Cl)cc2)c1. The lowest BCUT2D eigenvalue weighted by molar-refractivity contribution is 0.600. The van der Waals surface area contributed by atoms with Crippen molar-refractivity contribution in [3.63, 3.8) is 0 Å². The fraction of sp³-hybridized carbons (Fsp3) is 0.143. The normalized spacial score (nSPS) is 11.3. The molecule has 0 atom stereocenters. The molecule has 1 N–H and O–H groups in total. The van der Waals surface area contributed by atoms with Gasteiger partial charge in [-0.05, 0) is 35.9 Å². The molecule has 0 saturated heterocycles. The highest BCUT2D eigenvalue weighted by Gasteiger charge is 2.10. The Balaban J connectivity index is 2.19. The Morgan fingerprint density at radius 3 is 2.40 bits per heavy atom. The Bertz CT molecular complexity index is 714. The van der Waals surface area contributed by atoms with E-state index in [1.807, 2.05) is 12.1 Å². The van der Waals surface area contributed by atoms with Crippen molar-refractivity contribution < 1.29 is 12.8 Å². The summed E-state index contributed by atoms with van der Waals surface area (Å²) in [5, 5.41) is 3.50. The summed E-state index contributed by atoms with van der Waals surface area (Å²) in [5.41, 5.74) is 1.07. The van der Waals surface area contributed by atoms with Gasteiger partial charge in [-0.3, -0.25) is 0 Å². The number of anilines is 1. The van der Waals surface area contributed by atoms with Gasteiger partial charge in [0.05, 0.1) is 10.6 Å². The predicted octanol–water partition coefficient (Wildman–Crippen LogP) is 3.49. The van der Waals surface area contributed by atoms with Crippen molar-refractivity contribution in [2.75, 3.05) is 11.6 Å². The van der Waals surface area contributed by atoms with Crippen LogP contribution in [-0.4, -0.2) is 14.7 Å². The average molecular weight is 314 g/mol. The van der Waals surface area contributed by atoms with Crippen molar-refractivity contribution >= 4 is 27.1 Å². The van der Waals surface area contributed by atoms with Crippen molar-refractivity contribution in [2.45, 2.75) is 11.4 Å². The monoisotopic (exact) mass is 313 g/mol. The van der Waals surface area contributed by atoms with Crippen LogP contribution >= 0.6 is 11.6 Å². The molecule has 0 heterocycles. The number of hydrogen-bond donors (Lipinski definition) is 1. The third-order valence-electron chi connectivity index (χ3n) is 2.76. The number of sulfone groups is 1. The van der Waals surface area contributed by atoms with Crippen LogP contribution in [0.3, 0.4) is 0 Å². The minimum absolute atomic E-state index is 0.0810. The van der Waals surface area contributed by atoms with E-state index in [9.17, 15) is 12.8 Å². The third-order valence-corrected chi connectivity index (χ3v) is 4.12. The molecule has 20 heavy (non-hydrogen) atoms. The quantitative estimate of drug-likeness (QED) is 0.879. The molecule has 2 aromatic rings. The van der Waals surface area contributed by atoms with Crippen LogP contribution in [0.4, 0.5) is 10.1 Å². The van der Waals surface area contributed by atoms with Crippen molar-refractivity contribution in [3.8, 4) is 0 Å². The molecule has 3 nitrogen and oxygen atoms in total. The molecule has 0 fully saturated rings. The maximum absolute atomic E-state index is 13.6. The van der Waals surface area contributed by atoms with Gasteiger partial charge in [-0.15, -0.1) is 0 Å². The van der Waals surface area contributed by atoms with Crippen molar-refractivity contribution in [1.29, 1.82) is 0 Å². The van der Waals surface area contributed by atoms with Gasteiger partial charge in [-0.1, -0.05) is 23.7 Å². The Kier molecular flexibility index (Phi) is 4.30. The molecule has 0 saturated carbocycles. The summed E-state index contributed by atoms with van der Waals surface area (Å²) >= 11 is 5.78. The van der Waals surface area contributed by atoms with E-state index in [-0.39, 0.29) is 10.6 Å². The summed E-state index contributed by atoms with van der Waals surface area (Å²) in [6.45, 7) is 0.376. The lowest BCUT2D eigenvalue weighted by atomic mass is 10.2. The van der Waals surface area contributed by atoms with E-state index in [0.29, 0.717) is 11.6 Å². The lowest BCUT2D eigenvalue weighted by Gasteiger charge is -2.09. The molecule has 0 aromatic heterocycles. The standard InChI is InChI=1S/C14H13ClFNO2S/c1-20(18,19)12-6-7-13(16)14(8-12)17-9-10-2-4-11(15)5-3-10/h2-8,17H,9H2,1H3. The summed E-state index contributed by atoms with van der Waals surface area (Å²) in [6, 6.07) is 10.8. The molecule has 0 aliphatic heterocycles. The van der Waals surface area contributed by atoms with E-state index in [2.05, 4.69) is 5.32 Å². The van der Waals surface area contributed by atoms with Crippen LogP contribution in [0.5, 0.6) is 0 Å². The zero-order valence-corrected chi connectivity index (χ0v) is 12.3. The Morgan fingerprint density at radius 1 is 1.15 bits per heavy atom. The largest absolute Gasteiger partial charge is 0.379 e. The first kappa shape index (κ1) is 14.8.